The van der Waals surface area contributed by atoms with Crippen LogP contribution in [0.3, 0.4) is 0 Å². The molecule has 1 fully saturated rings. The van der Waals surface area contributed by atoms with Gasteiger partial charge < -0.3 is 10.4 Å². The molecule has 0 radical (unpaired) electrons. The Hall–Kier alpha value is -1.01. The Balaban J connectivity index is 2.25. The van der Waals surface area contributed by atoms with E-state index in [9.17, 15) is 4.79 Å². The smallest absolute Gasteiger partial charge is 0.323 e. The minimum Gasteiger partial charge on any atom is -0.480 e. The minimum atomic E-state index is -0.723. The fourth-order valence-corrected chi connectivity index (χ4v) is 1.51. The Kier molecular flexibility index (Phi) is 3.32. The van der Waals surface area contributed by atoms with Gasteiger partial charge in [0, 0.05) is 6.42 Å². The maximum atomic E-state index is 10.9. The van der Waals surface area contributed by atoms with Crippen molar-refractivity contribution in [3.63, 3.8) is 0 Å². The molecule has 0 atom stereocenters. The fraction of sp³-hybridized carbons (Fsp3) is 0.700. The van der Waals surface area contributed by atoms with Gasteiger partial charge in [0.15, 0.2) is 0 Å². The predicted molar refractivity (Wildman–Crippen MR) is 50.3 cm³/mol. The highest BCUT2D eigenvalue weighted by molar-refractivity contribution is 5.79. The Bertz CT molecular complexity index is 226. The number of rotatable bonds is 5. The van der Waals surface area contributed by atoms with E-state index in [-0.39, 0.29) is 0 Å². The number of carbonyl (C=O) groups is 1. The first-order valence-corrected chi connectivity index (χ1v) is 4.63. The molecule has 3 heteroatoms. The van der Waals surface area contributed by atoms with Crippen LogP contribution in [0.4, 0.5) is 0 Å². The second kappa shape index (κ2) is 4.29. The molecule has 13 heavy (non-hydrogen) atoms. The second-order valence-corrected chi connectivity index (χ2v) is 3.48. The van der Waals surface area contributed by atoms with E-state index in [1.807, 2.05) is 0 Å². The van der Waals surface area contributed by atoms with Crippen molar-refractivity contribution in [2.45, 2.75) is 37.6 Å². The van der Waals surface area contributed by atoms with Gasteiger partial charge in [0.25, 0.3) is 0 Å². The third kappa shape index (κ3) is 2.22. The van der Waals surface area contributed by atoms with E-state index in [2.05, 4.69) is 11.2 Å². The summed E-state index contributed by atoms with van der Waals surface area (Å²) in [7, 11) is 0. The molecular formula is C10H15NO2. The van der Waals surface area contributed by atoms with Crippen molar-refractivity contribution >= 4 is 5.97 Å². The van der Waals surface area contributed by atoms with E-state index in [4.69, 9.17) is 11.5 Å². The van der Waals surface area contributed by atoms with Crippen LogP contribution in [0.15, 0.2) is 0 Å². The van der Waals surface area contributed by atoms with Crippen molar-refractivity contribution in [1.29, 1.82) is 0 Å². The summed E-state index contributed by atoms with van der Waals surface area (Å²) < 4.78 is 0. The lowest BCUT2D eigenvalue weighted by molar-refractivity contribution is -0.148. The highest BCUT2D eigenvalue weighted by atomic mass is 16.4. The van der Waals surface area contributed by atoms with E-state index in [1.165, 1.54) is 0 Å². The Labute approximate surface area is 78.5 Å². The van der Waals surface area contributed by atoms with Crippen LogP contribution in [0.25, 0.3) is 0 Å². The third-order valence-corrected chi connectivity index (χ3v) is 2.58. The molecule has 72 valence electrons. The van der Waals surface area contributed by atoms with Crippen molar-refractivity contribution in [3.8, 4) is 12.3 Å². The molecule has 0 aromatic heterocycles. The summed E-state index contributed by atoms with van der Waals surface area (Å²) in [5.74, 6) is 1.81. The van der Waals surface area contributed by atoms with Crippen LogP contribution < -0.4 is 5.32 Å². The number of unbranched alkanes of at least 4 members (excludes halogenated alkanes) is 1. The molecule has 0 bridgehead atoms. The average molecular weight is 181 g/mol. The van der Waals surface area contributed by atoms with Crippen molar-refractivity contribution in [1.82, 2.24) is 5.32 Å². The van der Waals surface area contributed by atoms with Crippen LogP contribution in [-0.4, -0.2) is 23.2 Å². The van der Waals surface area contributed by atoms with Gasteiger partial charge in [-0.05, 0) is 32.2 Å². The molecule has 0 amide bonds. The summed E-state index contributed by atoms with van der Waals surface area (Å²) in [6.45, 7) is 0.705. The average Bonchev–Trinajstić information content (AvgIpc) is 2.01. The minimum absolute atomic E-state index is 0.630. The molecule has 0 heterocycles. The van der Waals surface area contributed by atoms with Gasteiger partial charge in [0.2, 0.25) is 0 Å². The maximum absolute atomic E-state index is 10.9. The van der Waals surface area contributed by atoms with Crippen molar-refractivity contribution < 1.29 is 9.90 Å². The van der Waals surface area contributed by atoms with Gasteiger partial charge in [-0.2, -0.15) is 0 Å². The highest BCUT2D eigenvalue weighted by Gasteiger charge is 2.43. The molecule has 0 aromatic rings. The third-order valence-electron chi connectivity index (χ3n) is 2.58. The Morgan fingerprint density at radius 3 is 2.69 bits per heavy atom. The first-order valence-electron chi connectivity index (χ1n) is 4.63. The Morgan fingerprint density at radius 1 is 1.62 bits per heavy atom. The van der Waals surface area contributed by atoms with Crippen LogP contribution in [0.2, 0.25) is 0 Å². The summed E-state index contributed by atoms with van der Waals surface area (Å²) in [5, 5.41) is 12.0. The van der Waals surface area contributed by atoms with E-state index in [0.717, 1.165) is 25.7 Å². The second-order valence-electron chi connectivity index (χ2n) is 3.48. The molecule has 1 aliphatic carbocycles. The Morgan fingerprint density at radius 2 is 2.31 bits per heavy atom. The molecule has 1 rings (SSSR count). The zero-order valence-electron chi connectivity index (χ0n) is 7.68. The summed E-state index contributed by atoms with van der Waals surface area (Å²) in [5.41, 5.74) is -0.630. The first-order chi connectivity index (χ1) is 6.21. The highest BCUT2D eigenvalue weighted by Crippen LogP contribution is 2.31. The van der Waals surface area contributed by atoms with Crippen LogP contribution in [-0.2, 0) is 4.79 Å². The number of nitrogens with one attached hydrogen (secondary N) is 1. The molecule has 3 nitrogen and oxygen atoms in total. The summed E-state index contributed by atoms with van der Waals surface area (Å²) in [6, 6.07) is 0. The summed E-state index contributed by atoms with van der Waals surface area (Å²) in [4.78, 5) is 10.9. The largest absolute Gasteiger partial charge is 0.480 e. The maximum Gasteiger partial charge on any atom is 0.323 e. The fourth-order valence-electron chi connectivity index (χ4n) is 1.51. The van der Waals surface area contributed by atoms with Crippen molar-refractivity contribution in [2.75, 3.05) is 6.54 Å². The summed E-state index contributed by atoms with van der Waals surface area (Å²) >= 11 is 0. The molecule has 0 aromatic carbocycles. The van der Waals surface area contributed by atoms with Gasteiger partial charge >= 0.3 is 5.97 Å². The number of hydrogen-bond donors (Lipinski definition) is 2. The van der Waals surface area contributed by atoms with Gasteiger partial charge in [-0.15, -0.1) is 12.3 Å². The lowest BCUT2D eigenvalue weighted by Gasteiger charge is -2.38. The number of terminal acetylenes is 1. The number of hydrogen-bond acceptors (Lipinski definition) is 2. The van der Waals surface area contributed by atoms with Gasteiger partial charge in [0.1, 0.15) is 5.54 Å². The van der Waals surface area contributed by atoms with Crippen LogP contribution >= 0.6 is 0 Å². The first kappa shape index (κ1) is 10.1. The molecule has 1 saturated carbocycles. The van der Waals surface area contributed by atoms with E-state index >= 15 is 0 Å². The van der Waals surface area contributed by atoms with Gasteiger partial charge in [-0.25, -0.2) is 0 Å². The predicted octanol–water partition coefficient (Wildman–Crippen LogP) is 0.997. The van der Waals surface area contributed by atoms with Crippen LogP contribution in [0.1, 0.15) is 32.1 Å². The number of carboxylic acid groups (broad SMARTS) is 1. The van der Waals surface area contributed by atoms with Crippen molar-refractivity contribution in [3.05, 3.63) is 0 Å². The molecular weight excluding hydrogens is 166 g/mol. The summed E-state index contributed by atoms with van der Waals surface area (Å²) in [6.07, 6.45) is 9.16. The lowest BCUT2D eigenvalue weighted by Crippen LogP contribution is -2.57. The number of carboxylic acids is 1. The molecule has 1 aliphatic rings. The van der Waals surface area contributed by atoms with Gasteiger partial charge in [0.05, 0.1) is 0 Å². The normalized spacial score (nSPS) is 18.7. The van der Waals surface area contributed by atoms with Crippen LogP contribution in [0, 0.1) is 12.3 Å². The van der Waals surface area contributed by atoms with E-state index in [1.54, 1.807) is 0 Å². The molecule has 0 saturated heterocycles. The quantitative estimate of drug-likeness (QED) is 0.491. The number of aliphatic carboxylic acids is 1. The van der Waals surface area contributed by atoms with Crippen molar-refractivity contribution in [2.24, 2.45) is 0 Å². The lowest BCUT2D eigenvalue weighted by atomic mass is 9.77. The molecule has 0 unspecified atom stereocenters. The SMILES string of the molecule is C#CCCCNC1(C(=O)O)CCC1. The van der Waals surface area contributed by atoms with E-state index in [0.29, 0.717) is 13.0 Å². The topological polar surface area (TPSA) is 49.3 Å². The van der Waals surface area contributed by atoms with Crippen LogP contribution in [0.5, 0.6) is 0 Å². The van der Waals surface area contributed by atoms with Gasteiger partial charge in [-0.3, -0.25) is 4.79 Å². The zero-order chi connectivity index (χ0) is 9.73. The molecule has 0 aliphatic heterocycles. The van der Waals surface area contributed by atoms with Gasteiger partial charge in [-0.1, -0.05) is 0 Å². The standard InChI is InChI=1S/C10H15NO2/c1-2-3-4-8-11-10(9(12)13)6-5-7-10/h1,11H,3-8H2,(H,12,13). The monoisotopic (exact) mass is 181 g/mol. The molecule has 0 spiro atoms. The zero-order valence-corrected chi connectivity index (χ0v) is 7.68. The molecule has 2 N–H and O–H groups in total. The van der Waals surface area contributed by atoms with E-state index < -0.39 is 11.5 Å².